The van der Waals surface area contributed by atoms with Gasteiger partial charge in [0.05, 0.1) is 42.3 Å². The van der Waals surface area contributed by atoms with E-state index in [9.17, 15) is 29.6 Å². The molecule has 0 bridgehead atoms. The molecule has 1 spiro atoms. The first-order valence-electron chi connectivity index (χ1n) is 15.1. The number of halogens is 1. The van der Waals surface area contributed by atoms with E-state index in [2.05, 4.69) is 0 Å². The second-order valence-corrected chi connectivity index (χ2v) is 16.7. The predicted octanol–water partition coefficient (Wildman–Crippen LogP) is 4.03. The number of hydrogen-bond donors (Lipinski definition) is 1. The summed E-state index contributed by atoms with van der Waals surface area (Å²) in [6.45, 7) is 5.87. The van der Waals surface area contributed by atoms with Crippen molar-refractivity contribution in [1.82, 2.24) is 4.90 Å². The van der Waals surface area contributed by atoms with Crippen LogP contribution in [0, 0.1) is 16.0 Å². The number of ether oxygens (including phenoxy) is 1. The summed E-state index contributed by atoms with van der Waals surface area (Å²) in [4.78, 5) is 56.3. The van der Waals surface area contributed by atoms with Gasteiger partial charge in [-0.25, -0.2) is 0 Å². The number of carbonyl (C=O) groups is 3. The molecule has 0 unspecified atom stereocenters. The molecule has 3 saturated heterocycles. The topological polar surface area (TPSA) is 134 Å². The first-order chi connectivity index (χ1) is 20.9. The quantitative estimate of drug-likeness (QED) is 0.154. The molecule has 0 saturated carbocycles. The fourth-order valence-corrected chi connectivity index (χ4v) is 10.2. The van der Waals surface area contributed by atoms with Crippen LogP contribution in [0.3, 0.4) is 0 Å². The van der Waals surface area contributed by atoms with Gasteiger partial charge in [0.15, 0.2) is 5.60 Å². The van der Waals surface area contributed by atoms with Crippen molar-refractivity contribution < 1.29 is 33.3 Å². The van der Waals surface area contributed by atoms with E-state index in [1.165, 1.54) is 36.2 Å². The van der Waals surface area contributed by atoms with Gasteiger partial charge in [0.2, 0.25) is 20.2 Å². The Hall–Kier alpha value is -3.68. The van der Waals surface area contributed by atoms with Crippen molar-refractivity contribution in [3.63, 3.8) is 0 Å². The second kappa shape index (κ2) is 11.0. The molecule has 2 aromatic carbocycles. The number of aliphatic hydroxyl groups is 1. The monoisotopic (exact) mass is 624 g/mol. The maximum absolute atomic E-state index is 16.2. The van der Waals surface area contributed by atoms with E-state index in [4.69, 9.17) is 4.74 Å². The van der Waals surface area contributed by atoms with Crippen LogP contribution < -0.4 is 9.80 Å². The molecule has 234 valence electrons. The van der Waals surface area contributed by atoms with E-state index < -0.39 is 42.4 Å². The van der Waals surface area contributed by atoms with E-state index >= 15 is 4.11 Å². The number of nitro benzene ring substituents is 1. The lowest BCUT2D eigenvalue weighted by Gasteiger charge is -2.32. The van der Waals surface area contributed by atoms with Crippen molar-refractivity contribution >= 4 is 43.2 Å². The number of likely N-dealkylation sites (tertiary alicyclic amines) is 1. The Morgan fingerprint density at radius 2 is 1.98 bits per heavy atom. The summed E-state index contributed by atoms with van der Waals surface area (Å²) in [5, 5.41) is 21.6. The third-order valence-corrected chi connectivity index (χ3v) is 12.3. The normalized spacial score (nSPS) is 28.2. The van der Waals surface area contributed by atoms with Gasteiger partial charge in [-0.1, -0.05) is 19.1 Å². The summed E-state index contributed by atoms with van der Waals surface area (Å²) in [5.74, 6) is -1.42. The first kappa shape index (κ1) is 30.3. The van der Waals surface area contributed by atoms with Gasteiger partial charge in [-0.2, -0.15) is 0 Å². The lowest BCUT2D eigenvalue weighted by atomic mass is 9.82. The van der Waals surface area contributed by atoms with E-state index in [0.717, 1.165) is 17.7 Å². The molecule has 3 amide bonds. The number of non-ortho nitro benzene ring substituents is 1. The van der Waals surface area contributed by atoms with Crippen LogP contribution in [0.15, 0.2) is 42.5 Å². The molecule has 4 heterocycles. The van der Waals surface area contributed by atoms with Crippen LogP contribution in [0.4, 0.5) is 21.2 Å². The van der Waals surface area contributed by atoms with Gasteiger partial charge >= 0.3 is 0 Å². The average Bonchev–Trinajstić information content (AvgIpc) is 3.62. The minimum absolute atomic E-state index is 0.0214. The highest BCUT2D eigenvalue weighted by atomic mass is 28.4. The molecule has 6 rings (SSSR count). The SMILES string of the molecule is C[C@H]1[C@H]([Si](C)(C)F)[C@@H](CC(=O)N2CCC[C@H]2CO)O[C@]12C(=O)N(Cc1cccc(N3CCC3=O)c1)c1ccc([N+](=O)[O-])cc12. The number of carbonyl (C=O) groups excluding carboxylic acids is 3. The number of benzene rings is 2. The summed E-state index contributed by atoms with van der Waals surface area (Å²) >= 11 is 0. The molecule has 11 nitrogen and oxygen atoms in total. The molecule has 2 aromatic rings. The van der Waals surface area contributed by atoms with Crippen molar-refractivity contribution in [2.45, 2.75) is 75.5 Å². The largest absolute Gasteiger partial charge is 0.394 e. The number of fused-ring (bicyclic) bond motifs is 2. The number of β-lactam (4-membered cyclic amide) rings is 1. The molecule has 4 aliphatic rings. The van der Waals surface area contributed by atoms with Crippen LogP contribution in [-0.4, -0.2) is 72.9 Å². The molecule has 0 radical (unpaired) electrons. The smallest absolute Gasteiger partial charge is 0.269 e. The van der Waals surface area contributed by atoms with Gasteiger partial charge in [0.25, 0.3) is 11.6 Å². The summed E-state index contributed by atoms with van der Waals surface area (Å²) in [6, 6.07) is 11.2. The highest BCUT2D eigenvalue weighted by Crippen LogP contribution is 2.60. The van der Waals surface area contributed by atoms with E-state index in [1.54, 1.807) is 16.7 Å². The van der Waals surface area contributed by atoms with Crippen molar-refractivity contribution in [2.75, 3.05) is 29.5 Å². The third kappa shape index (κ3) is 4.81. The molecule has 44 heavy (non-hydrogen) atoms. The Balaban J connectivity index is 1.39. The molecular formula is C31H37FN4O7Si. The second-order valence-electron chi connectivity index (χ2n) is 12.9. The third-order valence-electron chi connectivity index (χ3n) is 9.85. The Bertz CT molecular complexity index is 1530. The van der Waals surface area contributed by atoms with Gasteiger partial charge in [-0.3, -0.25) is 24.5 Å². The summed E-state index contributed by atoms with van der Waals surface area (Å²) in [6.07, 6.45) is 0.833. The Labute approximate surface area is 255 Å². The highest BCUT2D eigenvalue weighted by molar-refractivity contribution is 6.72. The molecule has 5 atom stereocenters. The first-order valence-corrected chi connectivity index (χ1v) is 18.1. The fourth-order valence-electron chi connectivity index (χ4n) is 7.74. The molecule has 1 N–H and O–H groups in total. The van der Waals surface area contributed by atoms with Gasteiger partial charge in [0, 0.05) is 54.4 Å². The lowest BCUT2D eigenvalue weighted by molar-refractivity contribution is -0.385. The number of rotatable bonds is 8. The van der Waals surface area contributed by atoms with E-state index in [0.29, 0.717) is 37.2 Å². The highest BCUT2D eigenvalue weighted by Gasteiger charge is 2.67. The van der Waals surface area contributed by atoms with Crippen molar-refractivity contribution in [1.29, 1.82) is 0 Å². The Morgan fingerprint density at radius 3 is 2.61 bits per heavy atom. The van der Waals surface area contributed by atoms with E-state index in [1.807, 2.05) is 24.3 Å². The molecule has 0 aliphatic carbocycles. The van der Waals surface area contributed by atoms with Crippen molar-refractivity contribution in [3.05, 3.63) is 63.7 Å². The maximum Gasteiger partial charge on any atom is 0.269 e. The maximum atomic E-state index is 16.2. The van der Waals surface area contributed by atoms with Gasteiger partial charge in [0.1, 0.15) is 0 Å². The van der Waals surface area contributed by atoms with Crippen LogP contribution in [-0.2, 0) is 31.3 Å². The van der Waals surface area contributed by atoms with Crippen molar-refractivity contribution in [3.8, 4) is 0 Å². The number of anilines is 2. The molecule has 13 heteroatoms. The number of amides is 3. The lowest BCUT2D eigenvalue weighted by Crippen LogP contribution is -2.45. The Morgan fingerprint density at radius 1 is 1.20 bits per heavy atom. The van der Waals surface area contributed by atoms with E-state index in [-0.39, 0.29) is 43.1 Å². The minimum Gasteiger partial charge on any atom is -0.394 e. The number of nitro groups is 1. The summed E-state index contributed by atoms with van der Waals surface area (Å²) in [7, 11) is -3.57. The summed E-state index contributed by atoms with van der Waals surface area (Å²) in [5.41, 5.74) is -0.495. The van der Waals surface area contributed by atoms with Crippen LogP contribution >= 0.6 is 0 Å². The van der Waals surface area contributed by atoms with Crippen LogP contribution in [0.1, 0.15) is 43.7 Å². The van der Waals surface area contributed by atoms with Crippen LogP contribution in [0.2, 0.25) is 18.6 Å². The predicted molar refractivity (Wildman–Crippen MR) is 162 cm³/mol. The number of hydrogen-bond acceptors (Lipinski definition) is 7. The zero-order chi connectivity index (χ0) is 31.6. The minimum atomic E-state index is -3.57. The average molecular weight is 625 g/mol. The summed E-state index contributed by atoms with van der Waals surface area (Å²) < 4.78 is 22.8. The van der Waals surface area contributed by atoms with Gasteiger partial charge < -0.3 is 28.7 Å². The Kier molecular flexibility index (Phi) is 7.61. The van der Waals surface area contributed by atoms with Crippen molar-refractivity contribution in [2.24, 2.45) is 5.92 Å². The molecule has 4 aliphatic heterocycles. The molecule has 3 fully saturated rings. The molecular weight excluding hydrogens is 587 g/mol. The fraction of sp³-hybridized carbons (Fsp3) is 0.516. The van der Waals surface area contributed by atoms with Crippen LogP contribution in [0.5, 0.6) is 0 Å². The standard InChI is InChI=1S/C31H37FN4O7Si/c1-19-29(44(2,3)32)26(16-28(39)33-12-5-8-23(33)18-37)43-31(19)24-15-22(36(41)42)9-10-25(24)35(30(31)40)17-20-6-4-7-21(14-20)34-13-11-27(34)38/h4,6-7,9-10,14-15,19,23,26,29,37H,5,8,11-13,16-18H2,1-3H3/t19-,23-,26+,29-,31+/m0/s1. The zero-order valence-electron chi connectivity index (χ0n) is 25.1. The van der Waals surface area contributed by atoms with Crippen LogP contribution in [0.25, 0.3) is 0 Å². The van der Waals surface area contributed by atoms with Gasteiger partial charge in [-0.05, 0) is 49.7 Å². The molecule has 0 aromatic heterocycles. The number of aliphatic hydroxyl groups excluding tert-OH is 1. The zero-order valence-corrected chi connectivity index (χ0v) is 26.1. The van der Waals surface area contributed by atoms with Gasteiger partial charge in [-0.15, -0.1) is 0 Å². The number of nitrogens with zero attached hydrogens (tertiary/aromatic N) is 4.